The maximum absolute atomic E-state index is 5.88. The number of hydrogen-bond acceptors (Lipinski definition) is 4. The van der Waals surface area contributed by atoms with Crippen LogP contribution in [0.1, 0.15) is 25.6 Å². The number of hydrogen-bond donors (Lipinski definition) is 0. The molecule has 0 bridgehead atoms. The predicted molar refractivity (Wildman–Crippen MR) is 87.2 cm³/mol. The normalized spacial score (nSPS) is 25.5. The van der Waals surface area contributed by atoms with Crippen LogP contribution in [0.2, 0.25) is 0 Å². The fourth-order valence-corrected chi connectivity index (χ4v) is 3.03. The minimum Gasteiger partial charge on any atom is -0.477 e. The lowest BCUT2D eigenvalue weighted by Gasteiger charge is -2.07. The maximum Gasteiger partial charge on any atom is 0.210 e. The number of ether oxygens (including phenoxy) is 1. The lowest BCUT2D eigenvalue weighted by Crippen LogP contribution is -2.17. The number of anilines is 1. The van der Waals surface area contributed by atoms with Gasteiger partial charge >= 0.3 is 0 Å². The van der Waals surface area contributed by atoms with Gasteiger partial charge in [-0.1, -0.05) is 24.3 Å². The molecule has 2 aliphatic rings. The van der Waals surface area contributed by atoms with E-state index in [2.05, 4.69) is 54.1 Å². The van der Waals surface area contributed by atoms with Gasteiger partial charge in [-0.2, -0.15) is 0 Å². The molecule has 2 atom stereocenters. The van der Waals surface area contributed by atoms with Crippen LogP contribution in [0, 0.1) is 0 Å². The highest BCUT2D eigenvalue weighted by Gasteiger charge is 2.55. The Morgan fingerprint density at radius 1 is 1.05 bits per heavy atom. The number of benzene rings is 1. The Kier molecular flexibility index (Phi) is 2.93. The van der Waals surface area contributed by atoms with Crippen LogP contribution in [-0.2, 0) is 4.74 Å². The standard InChI is InChI=1S/C18H19N3O/c1-18(2)12-22-17(20-18)16-15(14-10-6-7-11-19-14)21(16)13-8-4-3-5-9-13/h3-11,15-16H,12H2,1-2H3/t15-,16+,21?/m0/s1. The number of nitrogens with zero attached hydrogens (tertiary/aromatic N) is 3. The second kappa shape index (κ2) is 4.83. The van der Waals surface area contributed by atoms with Gasteiger partial charge in [0.25, 0.3) is 0 Å². The molecule has 1 aromatic heterocycles. The van der Waals surface area contributed by atoms with Crippen molar-refractivity contribution < 1.29 is 4.74 Å². The molecule has 0 spiro atoms. The highest BCUT2D eigenvalue weighted by Crippen LogP contribution is 2.48. The molecule has 1 aromatic carbocycles. The maximum atomic E-state index is 5.88. The van der Waals surface area contributed by atoms with Crippen molar-refractivity contribution in [3.63, 3.8) is 0 Å². The molecule has 0 N–H and O–H groups in total. The molecule has 1 fully saturated rings. The Balaban J connectivity index is 1.70. The van der Waals surface area contributed by atoms with Gasteiger partial charge in [-0.3, -0.25) is 4.98 Å². The monoisotopic (exact) mass is 293 g/mol. The fraction of sp³-hybridized carbons (Fsp3) is 0.333. The molecule has 0 radical (unpaired) electrons. The summed E-state index contributed by atoms with van der Waals surface area (Å²) in [6.07, 6.45) is 1.84. The Bertz CT molecular complexity index is 651. The molecular weight excluding hydrogens is 274 g/mol. The Morgan fingerprint density at radius 3 is 2.45 bits per heavy atom. The van der Waals surface area contributed by atoms with E-state index < -0.39 is 0 Å². The van der Waals surface area contributed by atoms with Crippen LogP contribution in [0.5, 0.6) is 0 Å². The molecule has 4 heteroatoms. The van der Waals surface area contributed by atoms with Crippen molar-refractivity contribution in [2.75, 3.05) is 11.5 Å². The number of pyridine rings is 1. The van der Waals surface area contributed by atoms with Gasteiger partial charge < -0.3 is 9.64 Å². The van der Waals surface area contributed by atoms with E-state index in [0.29, 0.717) is 6.61 Å². The zero-order valence-electron chi connectivity index (χ0n) is 12.8. The summed E-state index contributed by atoms with van der Waals surface area (Å²) in [5.74, 6) is 0.838. The van der Waals surface area contributed by atoms with Gasteiger partial charge in [-0.15, -0.1) is 0 Å². The lowest BCUT2D eigenvalue weighted by molar-refractivity contribution is 0.275. The smallest absolute Gasteiger partial charge is 0.210 e. The van der Waals surface area contributed by atoms with Gasteiger partial charge in [0.1, 0.15) is 18.7 Å². The third kappa shape index (κ3) is 2.25. The average Bonchev–Trinajstić information content (AvgIpc) is 3.19. The van der Waals surface area contributed by atoms with Crippen molar-refractivity contribution in [3.8, 4) is 0 Å². The van der Waals surface area contributed by atoms with Crippen LogP contribution in [0.15, 0.2) is 59.7 Å². The number of para-hydroxylation sites is 1. The van der Waals surface area contributed by atoms with Gasteiger partial charge in [0.2, 0.25) is 5.90 Å². The number of aromatic nitrogens is 1. The van der Waals surface area contributed by atoms with Crippen LogP contribution >= 0.6 is 0 Å². The van der Waals surface area contributed by atoms with E-state index in [1.165, 1.54) is 5.69 Å². The molecule has 0 aliphatic carbocycles. The van der Waals surface area contributed by atoms with Crippen LogP contribution in [0.3, 0.4) is 0 Å². The molecule has 2 aromatic rings. The predicted octanol–water partition coefficient (Wildman–Crippen LogP) is 3.22. The highest BCUT2D eigenvalue weighted by atomic mass is 16.5. The van der Waals surface area contributed by atoms with E-state index >= 15 is 0 Å². The van der Waals surface area contributed by atoms with Crippen molar-refractivity contribution >= 4 is 11.6 Å². The first-order chi connectivity index (χ1) is 10.7. The van der Waals surface area contributed by atoms with E-state index in [1.54, 1.807) is 0 Å². The van der Waals surface area contributed by atoms with Gasteiger partial charge in [0, 0.05) is 11.9 Å². The molecule has 22 heavy (non-hydrogen) atoms. The summed E-state index contributed by atoms with van der Waals surface area (Å²) in [5.41, 5.74) is 2.11. The third-order valence-electron chi connectivity index (χ3n) is 4.09. The average molecular weight is 293 g/mol. The van der Waals surface area contributed by atoms with Gasteiger partial charge in [-0.25, -0.2) is 4.99 Å². The largest absolute Gasteiger partial charge is 0.477 e. The zero-order valence-corrected chi connectivity index (χ0v) is 12.8. The second-order valence-corrected chi connectivity index (χ2v) is 6.44. The van der Waals surface area contributed by atoms with Crippen LogP contribution in [-0.4, -0.2) is 29.1 Å². The first-order valence-corrected chi connectivity index (χ1v) is 7.63. The van der Waals surface area contributed by atoms with Crippen LogP contribution < -0.4 is 4.90 Å². The molecule has 2 aliphatic heterocycles. The Morgan fingerprint density at radius 2 is 1.82 bits per heavy atom. The second-order valence-electron chi connectivity index (χ2n) is 6.44. The summed E-state index contributed by atoms with van der Waals surface area (Å²) in [7, 11) is 0. The van der Waals surface area contributed by atoms with E-state index in [9.17, 15) is 0 Å². The molecule has 4 rings (SSSR count). The zero-order chi connectivity index (χ0) is 15.2. The Labute approximate surface area is 130 Å². The Hall–Kier alpha value is -2.36. The molecule has 1 saturated heterocycles. The number of rotatable bonds is 3. The SMILES string of the molecule is CC1(C)COC([C@H]2[C@H](c3ccccn3)N2c2ccccc2)=N1. The summed E-state index contributed by atoms with van der Waals surface area (Å²) < 4.78 is 5.88. The molecule has 0 unspecified atom stereocenters. The molecule has 0 saturated carbocycles. The topological polar surface area (TPSA) is 37.5 Å². The molecule has 4 nitrogen and oxygen atoms in total. The van der Waals surface area contributed by atoms with Gasteiger partial charge in [0.05, 0.1) is 11.2 Å². The lowest BCUT2D eigenvalue weighted by atomic mass is 10.1. The summed E-state index contributed by atoms with van der Waals surface area (Å²) in [6, 6.07) is 16.8. The molecule has 0 amide bonds. The third-order valence-corrected chi connectivity index (χ3v) is 4.09. The molecular formula is C18H19N3O. The van der Waals surface area contributed by atoms with Crippen molar-refractivity contribution in [1.82, 2.24) is 4.98 Å². The van der Waals surface area contributed by atoms with E-state index in [0.717, 1.165) is 11.6 Å². The van der Waals surface area contributed by atoms with Gasteiger partial charge in [0.15, 0.2) is 0 Å². The highest BCUT2D eigenvalue weighted by molar-refractivity contribution is 5.94. The van der Waals surface area contributed by atoms with Gasteiger partial charge in [-0.05, 0) is 38.1 Å². The first-order valence-electron chi connectivity index (χ1n) is 7.63. The van der Waals surface area contributed by atoms with E-state index in [1.807, 2.05) is 24.4 Å². The summed E-state index contributed by atoms with van der Waals surface area (Å²) in [4.78, 5) is 11.6. The minimum atomic E-state index is -0.130. The summed E-state index contributed by atoms with van der Waals surface area (Å²) in [5, 5.41) is 0. The van der Waals surface area contributed by atoms with Crippen molar-refractivity contribution in [1.29, 1.82) is 0 Å². The van der Waals surface area contributed by atoms with E-state index in [4.69, 9.17) is 9.73 Å². The van der Waals surface area contributed by atoms with Crippen molar-refractivity contribution in [3.05, 3.63) is 60.4 Å². The first kappa shape index (κ1) is 13.3. The van der Waals surface area contributed by atoms with Crippen molar-refractivity contribution in [2.24, 2.45) is 4.99 Å². The van der Waals surface area contributed by atoms with Crippen molar-refractivity contribution in [2.45, 2.75) is 31.5 Å². The summed E-state index contributed by atoms with van der Waals surface area (Å²) in [6.45, 7) is 4.85. The summed E-state index contributed by atoms with van der Waals surface area (Å²) >= 11 is 0. The minimum absolute atomic E-state index is 0.130. The quantitative estimate of drug-likeness (QED) is 0.815. The van der Waals surface area contributed by atoms with E-state index in [-0.39, 0.29) is 17.6 Å². The molecule has 112 valence electrons. The number of aliphatic imine (C=N–C) groups is 1. The molecule has 3 heterocycles. The fourth-order valence-electron chi connectivity index (χ4n) is 3.03. The van der Waals surface area contributed by atoms with Crippen LogP contribution in [0.4, 0.5) is 5.69 Å². The van der Waals surface area contributed by atoms with Crippen LogP contribution in [0.25, 0.3) is 0 Å².